The van der Waals surface area contributed by atoms with Crippen LogP contribution in [-0.2, 0) is 6.54 Å². The normalized spacial score (nSPS) is 24.1. The number of fused-ring (bicyclic) bond motifs is 1. The van der Waals surface area contributed by atoms with Gasteiger partial charge in [0.05, 0.1) is 11.0 Å². The second-order valence-corrected chi connectivity index (χ2v) is 8.45. The van der Waals surface area contributed by atoms with Crippen molar-refractivity contribution in [2.75, 3.05) is 26.2 Å². The highest BCUT2D eigenvalue weighted by Gasteiger charge is 2.30. The monoisotopic (exact) mass is 391 g/mol. The van der Waals surface area contributed by atoms with Crippen LogP contribution in [-0.4, -0.2) is 56.6 Å². The molecular formula is C23H29N5O. The van der Waals surface area contributed by atoms with E-state index >= 15 is 0 Å². The standard InChI is InChI=1S/C23H29N5O/c29-23-25-21-5-1-2-6-22(21)28(23)20-9-7-19(8-10-20)27-14-12-26(13-15-27)17-18-4-3-11-24-16-18/h1-6,11,16,19-20H,7-10,12-15,17H2,(H,25,29). The predicted octanol–water partition coefficient (Wildman–Crippen LogP) is 3.03. The SMILES string of the molecule is O=c1[nH]c2ccccc2n1C1CCC(N2CCN(Cc3cccnc3)CC2)CC1. The van der Waals surface area contributed by atoms with Crippen LogP contribution >= 0.6 is 0 Å². The molecular weight excluding hydrogens is 362 g/mol. The van der Waals surface area contributed by atoms with E-state index in [4.69, 9.17) is 0 Å². The molecule has 6 nitrogen and oxygen atoms in total. The van der Waals surface area contributed by atoms with Crippen molar-refractivity contribution in [2.45, 2.75) is 44.3 Å². The van der Waals surface area contributed by atoms with Gasteiger partial charge in [0.25, 0.3) is 0 Å². The van der Waals surface area contributed by atoms with Crippen molar-refractivity contribution in [1.29, 1.82) is 0 Å². The molecule has 0 bridgehead atoms. The third-order valence-electron chi connectivity index (χ3n) is 6.71. The van der Waals surface area contributed by atoms with Gasteiger partial charge >= 0.3 is 5.69 Å². The number of aromatic nitrogens is 3. The fraction of sp³-hybridized carbons (Fsp3) is 0.478. The summed E-state index contributed by atoms with van der Waals surface area (Å²) in [7, 11) is 0. The molecule has 152 valence electrons. The van der Waals surface area contributed by atoms with Gasteiger partial charge in [-0.2, -0.15) is 0 Å². The van der Waals surface area contributed by atoms with Crippen LogP contribution in [0.25, 0.3) is 11.0 Å². The van der Waals surface area contributed by atoms with E-state index in [2.05, 4.69) is 31.9 Å². The molecule has 5 rings (SSSR count). The van der Waals surface area contributed by atoms with E-state index in [-0.39, 0.29) is 5.69 Å². The molecule has 3 aromatic rings. The van der Waals surface area contributed by atoms with E-state index < -0.39 is 0 Å². The topological polar surface area (TPSA) is 57.2 Å². The number of benzene rings is 1. The lowest BCUT2D eigenvalue weighted by Gasteiger charge is -2.42. The number of piperazine rings is 1. The van der Waals surface area contributed by atoms with Crippen molar-refractivity contribution in [3.8, 4) is 0 Å². The fourth-order valence-corrected chi connectivity index (χ4v) is 5.15. The maximum atomic E-state index is 12.5. The predicted molar refractivity (Wildman–Crippen MR) is 115 cm³/mol. The smallest absolute Gasteiger partial charge is 0.306 e. The van der Waals surface area contributed by atoms with Crippen molar-refractivity contribution in [1.82, 2.24) is 24.3 Å². The lowest BCUT2D eigenvalue weighted by Crippen LogP contribution is -2.50. The second kappa shape index (κ2) is 8.13. The number of aromatic amines is 1. The zero-order chi connectivity index (χ0) is 19.6. The Morgan fingerprint density at radius 1 is 0.931 bits per heavy atom. The Bertz CT molecular complexity index is 995. The molecule has 1 aliphatic heterocycles. The lowest BCUT2D eigenvalue weighted by molar-refractivity contribution is 0.0683. The average Bonchev–Trinajstić information content (AvgIpc) is 3.11. The fourth-order valence-electron chi connectivity index (χ4n) is 5.15. The molecule has 1 aromatic carbocycles. The van der Waals surface area contributed by atoms with Gasteiger partial charge in [0.15, 0.2) is 0 Å². The van der Waals surface area contributed by atoms with Crippen molar-refractivity contribution in [3.63, 3.8) is 0 Å². The quantitative estimate of drug-likeness (QED) is 0.743. The van der Waals surface area contributed by atoms with Gasteiger partial charge in [-0.25, -0.2) is 4.79 Å². The van der Waals surface area contributed by atoms with E-state index in [9.17, 15) is 4.79 Å². The number of hydrogen-bond donors (Lipinski definition) is 1. The van der Waals surface area contributed by atoms with Gasteiger partial charge in [-0.3, -0.25) is 19.4 Å². The summed E-state index contributed by atoms with van der Waals surface area (Å²) in [5.74, 6) is 0. The summed E-state index contributed by atoms with van der Waals surface area (Å²) in [5.41, 5.74) is 3.33. The molecule has 0 atom stereocenters. The first-order valence-electron chi connectivity index (χ1n) is 10.8. The number of nitrogens with one attached hydrogen (secondary N) is 1. The van der Waals surface area contributed by atoms with Crippen LogP contribution in [0.5, 0.6) is 0 Å². The molecule has 1 saturated carbocycles. The van der Waals surface area contributed by atoms with Crippen LogP contribution in [0.1, 0.15) is 37.3 Å². The summed E-state index contributed by atoms with van der Waals surface area (Å²) >= 11 is 0. The van der Waals surface area contributed by atoms with Crippen molar-refractivity contribution in [2.24, 2.45) is 0 Å². The first-order valence-corrected chi connectivity index (χ1v) is 10.8. The van der Waals surface area contributed by atoms with E-state index in [1.165, 1.54) is 18.4 Å². The Morgan fingerprint density at radius 3 is 2.45 bits per heavy atom. The Kier molecular flexibility index (Phi) is 5.21. The maximum Gasteiger partial charge on any atom is 0.326 e. The van der Waals surface area contributed by atoms with Crippen molar-refractivity contribution < 1.29 is 0 Å². The highest BCUT2D eigenvalue weighted by atomic mass is 16.1. The summed E-state index contributed by atoms with van der Waals surface area (Å²) in [6.45, 7) is 5.52. The molecule has 0 radical (unpaired) electrons. The summed E-state index contributed by atoms with van der Waals surface area (Å²) in [6, 6.07) is 13.2. The molecule has 0 unspecified atom stereocenters. The van der Waals surface area contributed by atoms with E-state index in [0.29, 0.717) is 12.1 Å². The average molecular weight is 392 g/mol. The summed E-state index contributed by atoms with van der Waals surface area (Å²) < 4.78 is 2.00. The van der Waals surface area contributed by atoms with E-state index in [1.54, 1.807) is 0 Å². The molecule has 0 amide bonds. The molecule has 3 heterocycles. The molecule has 6 heteroatoms. The molecule has 2 aliphatic rings. The largest absolute Gasteiger partial charge is 0.326 e. The number of para-hydroxylation sites is 2. The minimum absolute atomic E-state index is 0.0404. The Balaban J connectivity index is 1.16. The lowest BCUT2D eigenvalue weighted by atomic mass is 9.89. The minimum Gasteiger partial charge on any atom is -0.306 e. The van der Waals surface area contributed by atoms with Crippen molar-refractivity contribution >= 4 is 11.0 Å². The zero-order valence-electron chi connectivity index (χ0n) is 16.8. The van der Waals surface area contributed by atoms with Crippen LogP contribution < -0.4 is 5.69 Å². The van der Waals surface area contributed by atoms with Crippen LogP contribution in [0.2, 0.25) is 0 Å². The number of H-pyrrole nitrogens is 1. The van der Waals surface area contributed by atoms with Gasteiger partial charge in [0.2, 0.25) is 0 Å². The molecule has 2 fully saturated rings. The Labute approximate surface area is 171 Å². The highest BCUT2D eigenvalue weighted by molar-refractivity contribution is 5.75. The van der Waals surface area contributed by atoms with E-state index in [1.807, 2.05) is 41.2 Å². The van der Waals surface area contributed by atoms with Gasteiger partial charge in [-0.1, -0.05) is 18.2 Å². The molecule has 29 heavy (non-hydrogen) atoms. The molecule has 1 N–H and O–H groups in total. The number of nitrogens with zero attached hydrogens (tertiary/aromatic N) is 4. The Morgan fingerprint density at radius 2 is 1.69 bits per heavy atom. The highest BCUT2D eigenvalue weighted by Crippen LogP contribution is 2.32. The van der Waals surface area contributed by atoms with Gasteiger partial charge in [-0.05, 0) is 49.4 Å². The second-order valence-electron chi connectivity index (χ2n) is 8.45. The number of imidazole rings is 1. The van der Waals surface area contributed by atoms with Crippen molar-refractivity contribution in [3.05, 3.63) is 64.8 Å². The van der Waals surface area contributed by atoms with Crippen LogP contribution in [0.3, 0.4) is 0 Å². The maximum absolute atomic E-state index is 12.5. The first kappa shape index (κ1) is 18.6. The third kappa shape index (κ3) is 3.87. The molecule has 1 aliphatic carbocycles. The summed E-state index contributed by atoms with van der Waals surface area (Å²) in [5, 5.41) is 0. The first-order chi connectivity index (χ1) is 14.3. The van der Waals surface area contributed by atoms with Gasteiger partial charge < -0.3 is 4.98 Å². The van der Waals surface area contributed by atoms with Gasteiger partial charge in [0, 0.05) is 57.2 Å². The van der Waals surface area contributed by atoms with Crippen LogP contribution in [0.4, 0.5) is 0 Å². The van der Waals surface area contributed by atoms with Gasteiger partial charge in [0.1, 0.15) is 0 Å². The summed E-state index contributed by atoms with van der Waals surface area (Å²) in [6.07, 6.45) is 8.34. The number of pyridine rings is 1. The Hall–Kier alpha value is -2.44. The molecule has 1 saturated heterocycles. The number of hydrogen-bond acceptors (Lipinski definition) is 4. The molecule has 0 spiro atoms. The third-order valence-corrected chi connectivity index (χ3v) is 6.71. The minimum atomic E-state index is 0.0404. The molecule has 2 aromatic heterocycles. The zero-order valence-corrected chi connectivity index (χ0v) is 16.8. The van der Waals surface area contributed by atoms with Gasteiger partial charge in [-0.15, -0.1) is 0 Å². The van der Waals surface area contributed by atoms with Crippen LogP contribution in [0.15, 0.2) is 53.6 Å². The number of rotatable bonds is 4. The van der Waals surface area contributed by atoms with E-state index in [0.717, 1.165) is 56.6 Å². The van der Waals surface area contributed by atoms with Crippen LogP contribution in [0, 0.1) is 0 Å². The summed E-state index contributed by atoms with van der Waals surface area (Å²) in [4.78, 5) is 24.9.